The standard InChI is InChI=1S/C24H25ClN2O4S/c1-14-6-9-21(20(25)10-14)26-22(28)13-27-18(5)11-17(4)23(24(27)29)32(30,31)19-8-7-15(2)16(3)12-19/h6-12H,13H2,1-5H3,(H,26,28). The summed E-state index contributed by atoms with van der Waals surface area (Å²) in [5.41, 5.74) is 3.22. The van der Waals surface area contributed by atoms with Crippen molar-refractivity contribution in [2.24, 2.45) is 0 Å². The maximum atomic E-state index is 13.3. The van der Waals surface area contributed by atoms with Gasteiger partial charge in [0, 0.05) is 5.69 Å². The van der Waals surface area contributed by atoms with Crippen molar-refractivity contribution in [2.45, 2.75) is 51.0 Å². The second kappa shape index (κ2) is 8.92. The van der Waals surface area contributed by atoms with Gasteiger partial charge in [0.2, 0.25) is 15.7 Å². The van der Waals surface area contributed by atoms with Crippen LogP contribution in [0.3, 0.4) is 0 Å². The first-order valence-corrected chi connectivity index (χ1v) is 11.9. The monoisotopic (exact) mass is 472 g/mol. The van der Waals surface area contributed by atoms with E-state index in [1.807, 2.05) is 20.8 Å². The number of aromatic nitrogens is 1. The van der Waals surface area contributed by atoms with Crippen LogP contribution in [0.2, 0.25) is 5.02 Å². The van der Waals surface area contributed by atoms with Crippen LogP contribution in [0.1, 0.15) is 27.9 Å². The van der Waals surface area contributed by atoms with Crippen LogP contribution in [0.25, 0.3) is 0 Å². The van der Waals surface area contributed by atoms with Gasteiger partial charge in [-0.1, -0.05) is 23.7 Å². The average molecular weight is 473 g/mol. The summed E-state index contributed by atoms with van der Waals surface area (Å²) in [5, 5.41) is 3.06. The fraction of sp³-hybridized carbons (Fsp3) is 0.250. The molecule has 6 nitrogen and oxygen atoms in total. The molecule has 0 spiro atoms. The van der Waals surface area contributed by atoms with Crippen LogP contribution in [-0.4, -0.2) is 18.9 Å². The van der Waals surface area contributed by atoms with Gasteiger partial charge in [-0.05, 0) is 87.2 Å². The molecule has 3 aromatic rings. The Morgan fingerprint density at radius 2 is 1.62 bits per heavy atom. The van der Waals surface area contributed by atoms with Gasteiger partial charge in [-0.2, -0.15) is 0 Å². The normalized spacial score (nSPS) is 11.4. The third-order valence-corrected chi connectivity index (χ3v) is 7.63. The van der Waals surface area contributed by atoms with E-state index in [0.29, 0.717) is 22.0 Å². The van der Waals surface area contributed by atoms with Crippen LogP contribution < -0.4 is 10.9 Å². The molecule has 0 aliphatic heterocycles. The van der Waals surface area contributed by atoms with Gasteiger partial charge < -0.3 is 9.88 Å². The predicted molar refractivity (Wildman–Crippen MR) is 126 cm³/mol. The van der Waals surface area contributed by atoms with E-state index in [0.717, 1.165) is 16.7 Å². The number of nitrogens with one attached hydrogen (secondary N) is 1. The molecule has 32 heavy (non-hydrogen) atoms. The molecule has 0 unspecified atom stereocenters. The summed E-state index contributed by atoms with van der Waals surface area (Å²) in [7, 11) is -4.07. The van der Waals surface area contributed by atoms with Crippen molar-refractivity contribution in [1.82, 2.24) is 4.57 Å². The molecule has 1 N–H and O–H groups in total. The fourth-order valence-electron chi connectivity index (χ4n) is 3.49. The van der Waals surface area contributed by atoms with Gasteiger partial charge in [0.25, 0.3) is 5.56 Å². The zero-order valence-corrected chi connectivity index (χ0v) is 20.2. The van der Waals surface area contributed by atoms with Crippen molar-refractivity contribution in [2.75, 3.05) is 5.32 Å². The number of rotatable bonds is 5. The maximum absolute atomic E-state index is 13.3. The molecule has 1 aromatic heterocycles. The van der Waals surface area contributed by atoms with E-state index in [4.69, 9.17) is 11.6 Å². The Kier molecular flexibility index (Phi) is 6.62. The van der Waals surface area contributed by atoms with E-state index in [1.165, 1.54) is 10.6 Å². The molecule has 3 rings (SSSR count). The summed E-state index contributed by atoms with van der Waals surface area (Å²) in [4.78, 5) is 25.6. The maximum Gasteiger partial charge on any atom is 0.270 e. The second-order valence-corrected chi connectivity index (χ2v) is 10.3. The van der Waals surface area contributed by atoms with E-state index in [-0.39, 0.29) is 16.3 Å². The molecule has 0 radical (unpaired) electrons. The van der Waals surface area contributed by atoms with E-state index in [9.17, 15) is 18.0 Å². The minimum Gasteiger partial charge on any atom is -0.323 e. The van der Waals surface area contributed by atoms with Gasteiger partial charge in [0.1, 0.15) is 11.4 Å². The van der Waals surface area contributed by atoms with Crippen LogP contribution >= 0.6 is 11.6 Å². The third-order valence-electron chi connectivity index (χ3n) is 5.41. The van der Waals surface area contributed by atoms with Gasteiger partial charge in [-0.25, -0.2) is 8.42 Å². The first-order chi connectivity index (χ1) is 14.9. The highest BCUT2D eigenvalue weighted by Gasteiger charge is 2.26. The Labute approximate surface area is 192 Å². The lowest BCUT2D eigenvalue weighted by Crippen LogP contribution is -2.33. The molecule has 1 heterocycles. The lowest BCUT2D eigenvalue weighted by molar-refractivity contribution is -0.116. The SMILES string of the molecule is Cc1ccc(NC(=O)Cn2c(C)cc(C)c(S(=O)(=O)c3ccc(C)c(C)c3)c2=O)c(Cl)c1. The van der Waals surface area contributed by atoms with Crippen LogP contribution in [-0.2, 0) is 21.2 Å². The van der Waals surface area contributed by atoms with Crippen molar-refractivity contribution in [3.63, 3.8) is 0 Å². The lowest BCUT2D eigenvalue weighted by Gasteiger charge is -2.16. The first kappa shape index (κ1) is 23.8. The quantitative estimate of drug-likeness (QED) is 0.591. The molecule has 0 saturated carbocycles. The number of halogens is 1. The molecule has 0 aliphatic rings. The minimum atomic E-state index is -4.07. The number of carbonyl (C=O) groups excluding carboxylic acids is 1. The van der Waals surface area contributed by atoms with Crippen LogP contribution in [0.5, 0.6) is 0 Å². The van der Waals surface area contributed by atoms with Crippen LogP contribution in [0.15, 0.2) is 57.1 Å². The zero-order valence-electron chi connectivity index (χ0n) is 18.6. The van der Waals surface area contributed by atoms with Crippen LogP contribution in [0, 0.1) is 34.6 Å². The highest BCUT2D eigenvalue weighted by Crippen LogP contribution is 2.25. The second-order valence-electron chi connectivity index (χ2n) is 7.97. The topological polar surface area (TPSA) is 85.2 Å². The van der Waals surface area contributed by atoms with Crippen molar-refractivity contribution in [3.05, 3.63) is 85.8 Å². The molecular weight excluding hydrogens is 448 g/mol. The highest BCUT2D eigenvalue weighted by molar-refractivity contribution is 7.91. The Morgan fingerprint density at radius 1 is 0.938 bits per heavy atom. The van der Waals surface area contributed by atoms with Crippen molar-refractivity contribution >= 4 is 33.0 Å². The van der Waals surface area contributed by atoms with Gasteiger partial charge >= 0.3 is 0 Å². The first-order valence-electron chi connectivity index (χ1n) is 10.0. The molecule has 2 aromatic carbocycles. The zero-order chi connectivity index (χ0) is 23.8. The summed E-state index contributed by atoms with van der Waals surface area (Å²) in [6, 6.07) is 11.6. The van der Waals surface area contributed by atoms with Crippen molar-refractivity contribution in [1.29, 1.82) is 0 Å². The van der Waals surface area contributed by atoms with Crippen LogP contribution in [0.4, 0.5) is 5.69 Å². The summed E-state index contributed by atoms with van der Waals surface area (Å²) < 4.78 is 27.8. The number of pyridine rings is 1. The third kappa shape index (κ3) is 4.64. The number of carbonyl (C=O) groups is 1. The summed E-state index contributed by atoms with van der Waals surface area (Å²) >= 11 is 6.17. The number of amides is 1. The van der Waals surface area contributed by atoms with Gasteiger partial charge in [0.05, 0.1) is 15.6 Å². The van der Waals surface area contributed by atoms with E-state index in [1.54, 1.807) is 50.2 Å². The Morgan fingerprint density at radius 3 is 2.25 bits per heavy atom. The number of anilines is 1. The Bertz CT molecular complexity index is 1390. The largest absolute Gasteiger partial charge is 0.323 e. The molecule has 0 atom stereocenters. The number of aryl methyl sites for hydroxylation is 5. The molecule has 8 heteroatoms. The molecule has 1 amide bonds. The molecule has 0 fully saturated rings. The number of hydrogen-bond donors (Lipinski definition) is 1. The van der Waals surface area contributed by atoms with Gasteiger partial charge in [0.15, 0.2) is 0 Å². The van der Waals surface area contributed by atoms with Crippen molar-refractivity contribution in [3.8, 4) is 0 Å². The molecule has 0 bridgehead atoms. The molecule has 0 aliphatic carbocycles. The number of sulfone groups is 1. The van der Waals surface area contributed by atoms with E-state index < -0.39 is 21.3 Å². The predicted octanol–water partition coefficient (Wildman–Crippen LogP) is 4.52. The Balaban J connectivity index is 2.02. The number of benzene rings is 2. The highest BCUT2D eigenvalue weighted by atomic mass is 35.5. The molecule has 0 saturated heterocycles. The fourth-order valence-corrected chi connectivity index (χ4v) is 5.41. The van der Waals surface area contributed by atoms with E-state index >= 15 is 0 Å². The average Bonchev–Trinajstić information content (AvgIpc) is 2.69. The van der Waals surface area contributed by atoms with Gasteiger partial charge in [-0.15, -0.1) is 0 Å². The van der Waals surface area contributed by atoms with Gasteiger partial charge in [-0.3, -0.25) is 9.59 Å². The number of hydrogen-bond acceptors (Lipinski definition) is 4. The molecule has 168 valence electrons. The summed E-state index contributed by atoms with van der Waals surface area (Å²) in [6.07, 6.45) is 0. The smallest absolute Gasteiger partial charge is 0.270 e. The van der Waals surface area contributed by atoms with E-state index in [2.05, 4.69) is 5.32 Å². The lowest BCUT2D eigenvalue weighted by atomic mass is 10.1. The number of nitrogens with zero attached hydrogens (tertiary/aromatic N) is 1. The minimum absolute atomic E-state index is 0.0482. The Hall–Kier alpha value is -2.90. The summed E-state index contributed by atoms with van der Waals surface area (Å²) in [6.45, 7) is 8.48. The summed E-state index contributed by atoms with van der Waals surface area (Å²) in [5.74, 6) is -0.487. The van der Waals surface area contributed by atoms with Crippen molar-refractivity contribution < 1.29 is 13.2 Å². The molecular formula is C24H25ClN2O4S.